The zero-order valence-electron chi connectivity index (χ0n) is 21.2. The third-order valence-electron chi connectivity index (χ3n) is 5.69. The summed E-state index contributed by atoms with van der Waals surface area (Å²) >= 11 is 2.51. The van der Waals surface area contributed by atoms with Gasteiger partial charge in [-0.3, -0.25) is 4.79 Å². The summed E-state index contributed by atoms with van der Waals surface area (Å²) in [4.78, 5) is 29.6. The van der Waals surface area contributed by atoms with Gasteiger partial charge in [0.25, 0.3) is 0 Å². The number of carbonyl (C=O) groups excluding carboxylic acids is 2. The van der Waals surface area contributed by atoms with Gasteiger partial charge in [-0.15, -0.1) is 11.3 Å². The van der Waals surface area contributed by atoms with Crippen molar-refractivity contribution in [1.29, 1.82) is 5.26 Å². The van der Waals surface area contributed by atoms with E-state index in [2.05, 4.69) is 28.3 Å². The first-order valence-corrected chi connectivity index (χ1v) is 13.9. The fraction of sp³-hybridized carbons (Fsp3) is 0.172. The van der Waals surface area contributed by atoms with E-state index in [9.17, 15) is 14.9 Å². The molecule has 2 aromatic carbocycles. The molecule has 198 valence electrons. The van der Waals surface area contributed by atoms with Crippen LogP contribution in [0, 0.1) is 11.3 Å². The van der Waals surface area contributed by atoms with Crippen molar-refractivity contribution in [2.24, 2.45) is 0 Å². The van der Waals surface area contributed by atoms with Crippen molar-refractivity contribution in [3.05, 3.63) is 112 Å². The molecule has 0 radical (unpaired) electrons. The van der Waals surface area contributed by atoms with Crippen LogP contribution < -0.4 is 15.4 Å². The first-order valence-electron chi connectivity index (χ1n) is 12.0. The highest BCUT2D eigenvalue weighted by molar-refractivity contribution is 8.03. The van der Waals surface area contributed by atoms with Crippen LogP contribution in [-0.2, 0) is 20.9 Å². The second-order valence-corrected chi connectivity index (χ2v) is 10.2. The van der Waals surface area contributed by atoms with Crippen LogP contribution in [0.2, 0.25) is 0 Å². The van der Waals surface area contributed by atoms with Crippen LogP contribution in [-0.4, -0.2) is 29.2 Å². The molecular weight excluding hydrogens is 532 g/mol. The predicted octanol–water partition coefficient (Wildman–Crippen LogP) is 5.52. The van der Waals surface area contributed by atoms with E-state index >= 15 is 0 Å². The Morgan fingerprint density at radius 2 is 2.00 bits per heavy atom. The molecule has 8 nitrogen and oxygen atoms in total. The molecular formula is C29H26N4O4S2. The summed E-state index contributed by atoms with van der Waals surface area (Å²) in [5.74, 6) is -0.788. The van der Waals surface area contributed by atoms with Crippen LogP contribution in [0.5, 0.6) is 5.75 Å². The Hall–Kier alpha value is -4.33. The van der Waals surface area contributed by atoms with Gasteiger partial charge in [0.1, 0.15) is 19.0 Å². The number of allylic oxidation sites excluding steroid dienone is 2. The van der Waals surface area contributed by atoms with Gasteiger partial charge < -0.3 is 20.1 Å². The average molecular weight is 559 g/mol. The lowest BCUT2D eigenvalue weighted by Crippen LogP contribution is -2.29. The van der Waals surface area contributed by atoms with Gasteiger partial charge >= 0.3 is 5.97 Å². The Morgan fingerprint density at radius 3 is 2.67 bits per heavy atom. The summed E-state index contributed by atoms with van der Waals surface area (Å²) in [5, 5.41) is 18.9. The normalized spacial score (nSPS) is 14.7. The molecule has 0 saturated heterocycles. The van der Waals surface area contributed by atoms with E-state index in [0.717, 1.165) is 11.1 Å². The number of esters is 1. The molecule has 0 spiro atoms. The molecule has 2 heterocycles. The van der Waals surface area contributed by atoms with Crippen LogP contribution in [0.25, 0.3) is 0 Å². The Kier molecular flexibility index (Phi) is 9.56. The number of rotatable bonds is 11. The summed E-state index contributed by atoms with van der Waals surface area (Å²) in [7, 11) is 0. The van der Waals surface area contributed by atoms with E-state index in [1.807, 2.05) is 54.6 Å². The number of nitrogens with zero attached hydrogens (tertiary/aromatic N) is 2. The number of hydrogen-bond donors (Lipinski definition) is 2. The largest absolute Gasteiger partial charge is 0.489 e. The van der Waals surface area contributed by atoms with Crippen LogP contribution in [0.4, 0.5) is 5.13 Å². The lowest BCUT2D eigenvalue weighted by molar-refractivity contribution is -0.138. The summed E-state index contributed by atoms with van der Waals surface area (Å²) in [5.41, 5.74) is 2.94. The number of thiazole rings is 1. The molecule has 1 amide bonds. The zero-order valence-corrected chi connectivity index (χ0v) is 22.8. The molecule has 1 aliphatic rings. The van der Waals surface area contributed by atoms with Crippen LogP contribution in [0.3, 0.4) is 0 Å². The second-order valence-electron chi connectivity index (χ2n) is 8.36. The number of benzene rings is 2. The lowest BCUT2D eigenvalue weighted by Gasteiger charge is -2.29. The van der Waals surface area contributed by atoms with Crippen LogP contribution in [0.15, 0.2) is 101 Å². The average Bonchev–Trinajstić information content (AvgIpc) is 3.47. The van der Waals surface area contributed by atoms with Crippen molar-refractivity contribution in [1.82, 2.24) is 10.3 Å². The fourth-order valence-electron chi connectivity index (χ4n) is 3.92. The molecule has 2 N–H and O–H groups in total. The van der Waals surface area contributed by atoms with Crippen molar-refractivity contribution in [2.75, 3.05) is 17.7 Å². The quantitative estimate of drug-likeness (QED) is 0.234. The molecule has 0 aliphatic carbocycles. The number of dihydropyridines is 1. The third-order valence-corrected chi connectivity index (χ3v) is 7.39. The van der Waals surface area contributed by atoms with Crippen molar-refractivity contribution >= 4 is 40.1 Å². The minimum atomic E-state index is -0.693. The summed E-state index contributed by atoms with van der Waals surface area (Å²) in [6.07, 6.45) is 3.09. The van der Waals surface area contributed by atoms with Gasteiger partial charge in [-0.05, 0) is 30.2 Å². The van der Waals surface area contributed by atoms with E-state index in [1.54, 1.807) is 18.5 Å². The van der Waals surface area contributed by atoms with Crippen molar-refractivity contribution in [2.45, 2.75) is 19.4 Å². The number of nitriles is 1. The van der Waals surface area contributed by atoms with Crippen LogP contribution in [0.1, 0.15) is 24.0 Å². The van der Waals surface area contributed by atoms with Gasteiger partial charge in [-0.25, -0.2) is 9.78 Å². The maximum atomic E-state index is 13.1. The van der Waals surface area contributed by atoms with E-state index in [0.29, 0.717) is 39.4 Å². The molecule has 0 bridgehead atoms. The highest BCUT2D eigenvalue weighted by Crippen LogP contribution is 2.41. The van der Waals surface area contributed by atoms with Gasteiger partial charge in [-0.2, -0.15) is 5.26 Å². The number of anilines is 1. The van der Waals surface area contributed by atoms with E-state index in [4.69, 9.17) is 9.47 Å². The van der Waals surface area contributed by atoms with Crippen molar-refractivity contribution in [3.63, 3.8) is 0 Å². The molecule has 1 atom stereocenters. The van der Waals surface area contributed by atoms with E-state index in [1.165, 1.54) is 29.2 Å². The van der Waals surface area contributed by atoms with E-state index < -0.39 is 11.9 Å². The van der Waals surface area contributed by atoms with Gasteiger partial charge in [-0.1, -0.05) is 66.9 Å². The Morgan fingerprint density at radius 1 is 1.23 bits per heavy atom. The maximum absolute atomic E-state index is 13.1. The number of amides is 1. The first-order chi connectivity index (χ1) is 19.0. The molecule has 10 heteroatoms. The molecule has 0 unspecified atom stereocenters. The van der Waals surface area contributed by atoms with Gasteiger partial charge in [0.05, 0.1) is 33.9 Å². The van der Waals surface area contributed by atoms with E-state index in [-0.39, 0.29) is 18.3 Å². The minimum Gasteiger partial charge on any atom is -0.489 e. The van der Waals surface area contributed by atoms with Crippen LogP contribution >= 0.6 is 23.1 Å². The third kappa shape index (κ3) is 7.16. The second kappa shape index (κ2) is 13.5. The van der Waals surface area contributed by atoms with Gasteiger partial charge in [0, 0.05) is 17.3 Å². The fourth-order valence-corrected chi connectivity index (χ4v) is 5.36. The van der Waals surface area contributed by atoms with Crippen molar-refractivity contribution < 1.29 is 19.1 Å². The Labute approximate surface area is 235 Å². The monoisotopic (exact) mass is 558 g/mol. The minimum absolute atomic E-state index is 0.0404. The SMILES string of the molecule is C=CCOC(=O)C1=C(C)NC(SCC(=O)Nc2nccs2)=C(C#N)[C@@H]1c1ccc(OCc2ccccc2)cc1. The first kappa shape index (κ1) is 27.7. The topological polar surface area (TPSA) is 113 Å². The smallest absolute Gasteiger partial charge is 0.337 e. The summed E-state index contributed by atoms with van der Waals surface area (Å²) in [6, 6.07) is 19.4. The molecule has 0 saturated carbocycles. The number of hydrogen-bond acceptors (Lipinski definition) is 9. The summed E-state index contributed by atoms with van der Waals surface area (Å²) in [6.45, 7) is 5.81. The lowest BCUT2D eigenvalue weighted by atomic mass is 9.82. The number of carbonyl (C=O) groups is 2. The molecule has 39 heavy (non-hydrogen) atoms. The Balaban J connectivity index is 1.59. The highest BCUT2D eigenvalue weighted by atomic mass is 32.2. The van der Waals surface area contributed by atoms with Gasteiger partial charge in [0.2, 0.25) is 5.91 Å². The number of aromatic nitrogens is 1. The molecule has 1 aromatic heterocycles. The molecule has 4 rings (SSSR count). The van der Waals surface area contributed by atoms with Gasteiger partial charge in [0.15, 0.2) is 5.13 Å². The molecule has 0 fully saturated rings. The van der Waals surface area contributed by atoms with Crippen molar-refractivity contribution in [3.8, 4) is 11.8 Å². The molecule has 1 aliphatic heterocycles. The highest BCUT2D eigenvalue weighted by Gasteiger charge is 2.35. The number of thioether (sulfide) groups is 1. The number of ether oxygens (including phenoxy) is 2. The molecule has 3 aromatic rings. The zero-order chi connectivity index (χ0) is 27.6. The Bertz CT molecular complexity index is 1430. The maximum Gasteiger partial charge on any atom is 0.337 e. The summed E-state index contributed by atoms with van der Waals surface area (Å²) < 4.78 is 11.3. The number of nitrogens with one attached hydrogen (secondary N) is 2. The predicted molar refractivity (Wildman–Crippen MR) is 153 cm³/mol. The standard InChI is InChI=1S/C29H26N4O4S2/c1-3-14-36-28(35)25-19(2)32-27(39-18-24(34)33-29-31-13-15-38-29)23(16-30)26(25)21-9-11-22(12-10-21)37-17-20-7-5-4-6-8-20/h3-13,15,26,32H,1,14,17-18H2,2H3,(H,31,33,34)/t26-/m0/s1.